The Bertz CT molecular complexity index is 362. The Morgan fingerprint density at radius 2 is 2.00 bits per heavy atom. The van der Waals surface area contributed by atoms with Crippen LogP contribution in [-0.2, 0) is 12.3 Å². The fourth-order valence-corrected chi connectivity index (χ4v) is 2.78. The summed E-state index contributed by atoms with van der Waals surface area (Å²) in [5, 5.41) is 0. The summed E-state index contributed by atoms with van der Waals surface area (Å²) in [5.74, 6) is 2.61. The number of pyridine rings is 1. The van der Waals surface area contributed by atoms with E-state index in [0.717, 1.165) is 36.9 Å². The molecule has 0 saturated carbocycles. The number of hydrogen-bond acceptors (Lipinski definition) is 2. The third-order valence-electron chi connectivity index (χ3n) is 3.96. The molecule has 1 aromatic rings. The summed E-state index contributed by atoms with van der Waals surface area (Å²) >= 11 is 5.97. The lowest BCUT2D eigenvalue weighted by Gasteiger charge is -2.32. The van der Waals surface area contributed by atoms with E-state index < -0.39 is 0 Å². The van der Waals surface area contributed by atoms with Crippen molar-refractivity contribution < 1.29 is 0 Å². The van der Waals surface area contributed by atoms with Crippen molar-refractivity contribution in [3.63, 3.8) is 0 Å². The zero-order valence-electron chi connectivity index (χ0n) is 11.5. The maximum absolute atomic E-state index is 5.97. The molecule has 0 N–H and O–H groups in total. The first-order valence-corrected chi connectivity index (χ1v) is 7.61. The van der Waals surface area contributed by atoms with Crippen LogP contribution in [0.25, 0.3) is 0 Å². The standard InChI is InChI=1S/C15H23ClN2/c1-3-12-5-7-18(8-6-12)15-10-13(11-16)9-14(4-2)17-15/h9-10,12H,3-8,11H2,1-2H3. The fourth-order valence-electron chi connectivity index (χ4n) is 2.62. The molecule has 2 nitrogen and oxygen atoms in total. The van der Waals surface area contributed by atoms with E-state index in [1.165, 1.54) is 24.8 Å². The molecule has 0 bridgehead atoms. The molecule has 1 aliphatic heterocycles. The van der Waals surface area contributed by atoms with Crippen molar-refractivity contribution in [2.24, 2.45) is 5.92 Å². The number of nitrogens with zero attached hydrogens (tertiary/aromatic N) is 2. The van der Waals surface area contributed by atoms with Crippen molar-refractivity contribution in [1.82, 2.24) is 4.98 Å². The normalized spacial score (nSPS) is 17.2. The molecule has 2 heterocycles. The van der Waals surface area contributed by atoms with Crippen LogP contribution in [0.1, 0.15) is 44.4 Å². The molecule has 1 saturated heterocycles. The van der Waals surface area contributed by atoms with Crippen molar-refractivity contribution in [3.05, 3.63) is 23.4 Å². The van der Waals surface area contributed by atoms with E-state index in [1.54, 1.807) is 0 Å². The highest BCUT2D eigenvalue weighted by atomic mass is 35.5. The summed E-state index contributed by atoms with van der Waals surface area (Å²) in [5.41, 5.74) is 2.34. The van der Waals surface area contributed by atoms with E-state index in [2.05, 4.69) is 30.9 Å². The second kappa shape index (κ2) is 6.42. The monoisotopic (exact) mass is 266 g/mol. The number of aromatic nitrogens is 1. The van der Waals surface area contributed by atoms with Crippen molar-refractivity contribution >= 4 is 17.4 Å². The van der Waals surface area contributed by atoms with Gasteiger partial charge in [-0.1, -0.05) is 20.3 Å². The molecule has 0 aliphatic carbocycles. The Hall–Kier alpha value is -0.760. The van der Waals surface area contributed by atoms with E-state index in [1.807, 2.05) is 0 Å². The van der Waals surface area contributed by atoms with Gasteiger partial charge < -0.3 is 4.90 Å². The molecule has 0 unspecified atom stereocenters. The molecule has 0 amide bonds. The zero-order chi connectivity index (χ0) is 13.0. The minimum Gasteiger partial charge on any atom is -0.357 e. The Morgan fingerprint density at radius 1 is 1.28 bits per heavy atom. The maximum Gasteiger partial charge on any atom is 0.129 e. The van der Waals surface area contributed by atoms with Gasteiger partial charge in [0, 0.05) is 24.7 Å². The summed E-state index contributed by atoms with van der Waals surface area (Å²) in [6, 6.07) is 4.27. The van der Waals surface area contributed by atoms with E-state index in [4.69, 9.17) is 16.6 Å². The molecule has 1 aromatic heterocycles. The van der Waals surface area contributed by atoms with E-state index in [0.29, 0.717) is 5.88 Å². The average molecular weight is 267 g/mol. The van der Waals surface area contributed by atoms with Crippen molar-refractivity contribution in [3.8, 4) is 0 Å². The van der Waals surface area contributed by atoms with Crippen LogP contribution in [0.2, 0.25) is 0 Å². The van der Waals surface area contributed by atoms with Crippen LogP contribution in [0.3, 0.4) is 0 Å². The number of rotatable bonds is 4. The minimum atomic E-state index is 0.577. The largest absolute Gasteiger partial charge is 0.357 e. The van der Waals surface area contributed by atoms with Crippen molar-refractivity contribution in [1.29, 1.82) is 0 Å². The molecule has 1 aliphatic rings. The summed E-state index contributed by atoms with van der Waals surface area (Å²) in [4.78, 5) is 7.16. The predicted octanol–water partition coefficient (Wildman–Crippen LogP) is 4.01. The molecule has 0 atom stereocenters. The van der Waals surface area contributed by atoms with Crippen molar-refractivity contribution in [2.45, 2.75) is 45.4 Å². The molecule has 0 radical (unpaired) electrons. The Morgan fingerprint density at radius 3 is 2.56 bits per heavy atom. The van der Waals surface area contributed by atoms with Crippen molar-refractivity contribution in [2.75, 3.05) is 18.0 Å². The highest BCUT2D eigenvalue weighted by Crippen LogP contribution is 2.25. The lowest BCUT2D eigenvalue weighted by molar-refractivity contribution is 0.393. The van der Waals surface area contributed by atoms with Gasteiger partial charge in [-0.3, -0.25) is 0 Å². The van der Waals surface area contributed by atoms with Crippen LogP contribution in [0.4, 0.5) is 5.82 Å². The lowest BCUT2D eigenvalue weighted by Crippen LogP contribution is -2.34. The quantitative estimate of drug-likeness (QED) is 0.766. The Kier molecular flexibility index (Phi) is 4.87. The molecule has 2 rings (SSSR count). The highest BCUT2D eigenvalue weighted by Gasteiger charge is 2.19. The van der Waals surface area contributed by atoms with Gasteiger partial charge in [-0.05, 0) is 42.9 Å². The highest BCUT2D eigenvalue weighted by molar-refractivity contribution is 6.17. The smallest absolute Gasteiger partial charge is 0.129 e. The summed E-state index contributed by atoms with van der Waals surface area (Å²) in [6.07, 6.45) is 4.88. The third-order valence-corrected chi connectivity index (χ3v) is 4.27. The molecule has 3 heteroatoms. The van der Waals surface area contributed by atoms with E-state index in [9.17, 15) is 0 Å². The first-order chi connectivity index (χ1) is 8.76. The second-order valence-electron chi connectivity index (χ2n) is 5.15. The van der Waals surface area contributed by atoms with Gasteiger partial charge in [0.1, 0.15) is 5.82 Å². The summed E-state index contributed by atoms with van der Waals surface area (Å²) in [7, 11) is 0. The van der Waals surface area contributed by atoms with Gasteiger partial charge in [0.15, 0.2) is 0 Å². The van der Waals surface area contributed by atoms with E-state index in [-0.39, 0.29) is 0 Å². The minimum absolute atomic E-state index is 0.577. The molecule has 100 valence electrons. The van der Waals surface area contributed by atoms with Gasteiger partial charge in [0.05, 0.1) is 0 Å². The third kappa shape index (κ3) is 3.17. The van der Waals surface area contributed by atoms with Crippen LogP contribution in [0.5, 0.6) is 0 Å². The lowest BCUT2D eigenvalue weighted by atomic mass is 9.94. The first kappa shape index (κ1) is 13.7. The number of halogens is 1. The summed E-state index contributed by atoms with van der Waals surface area (Å²) < 4.78 is 0. The Labute approximate surface area is 115 Å². The average Bonchev–Trinajstić information content (AvgIpc) is 2.46. The van der Waals surface area contributed by atoms with Gasteiger partial charge in [0.2, 0.25) is 0 Å². The number of piperidine rings is 1. The molecule has 0 spiro atoms. The zero-order valence-corrected chi connectivity index (χ0v) is 12.2. The SMILES string of the molecule is CCc1cc(CCl)cc(N2CCC(CC)CC2)n1. The van der Waals surface area contributed by atoms with Gasteiger partial charge in [-0.25, -0.2) is 4.98 Å². The van der Waals surface area contributed by atoms with Crippen LogP contribution < -0.4 is 4.90 Å². The number of alkyl halides is 1. The molecule has 1 fully saturated rings. The van der Waals surface area contributed by atoms with Gasteiger partial charge in [0.25, 0.3) is 0 Å². The topological polar surface area (TPSA) is 16.1 Å². The van der Waals surface area contributed by atoms with Crippen LogP contribution in [-0.4, -0.2) is 18.1 Å². The van der Waals surface area contributed by atoms with Gasteiger partial charge >= 0.3 is 0 Å². The maximum atomic E-state index is 5.97. The van der Waals surface area contributed by atoms with Crippen LogP contribution in [0, 0.1) is 5.92 Å². The fraction of sp³-hybridized carbons (Fsp3) is 0.667. The molecule has 18 heavy (non-hydrogen) atoms. The number of hydrogen-bond donors (Lipinski definition) is 0. The van der Waals surface area contributed by atoms with E-state index >= 15 is 0 Å². The molecular formula is C15H23ClN2. The molecule has 0 aromatic carbocycles. The second-order valence-corrected chi connectivity index (χ2v) is 5.42. The first-order valence-electron chi connectivity index (χ1n) is 7.07. The van der Waals surface area contributed by atoms with Crippen LogP contribution >= 0.6 is 11.6 Å². The van der Waals surface area contributed by atoms with Gasteiger partial charge in [-0.2, -0.15) is 0 Å². The van der Waals surface area contributed by atoms with Crippen LogP contribution in [0.15, 0.2) is 12.1 Å². The number of aryl methyl sites for hydroxylation is 1. The Balaban J connectivity index is 2.13. The predicted molar refractivity (Wildman–Crippen MR) is 78.4 cm³/mol. The number of anilines is 1. The van der Waals surface area contributed by atoms with Gasteiger partial charge in [-0.15, -0.1) is 11.6 Å². The summed E-state index contributed by atoms with van der Waals surface area (Å²) in [6.45, 7) is 6.72. The molecular weight excluding hydrogens is 244 g/mol.